The molecule has 0 rings (SSSR count). The maximum atomic E-state index is 3.63. The standard InChI is InChI=1S/C8H12.C4H10.3C2H6/c1-4-7-8(5-2)6-3;1-3-4-2;3*1-2/h4-7H,2H2,1,3H3;3-4H2,1-2H3;3*1-2H3/b7-4-,8-6-;;;;. The van der Waals surface area contributed by atoms with Crippen molar-refractivity contribution in [3.05, 3.63) is 36.5 Å². The number of hydrogen-bond donors (Lipinski definition) is 0. The highest BCUT2D eigenvalue weighted by Gasteiger charge is 1.74. The predicted octanol–water partition coefficient (Wildman–Crippen LogP) is 7.58. The Morgan fingerprint density at radius 2 is 1.17 bits per heavy atom. The molecule has 0 aliphatic heterocycles. The monoisotopic (exact) mass is 256 g/mol. The molecule has 0 heteroatoms. The lowest BCUT2D eigenvalue weighted by molar-refractivity contribution is 0.886. The van der Waals surface area contributed by atoms with E-state index in [0.717, 1.165) is 0 Å². The maximum absolute atomic E-state index is 3.63. The van der Waals surface area contributed by atoms with Crippen molar-refractivity contribution in [1.82, 2.24) is 0 Å². The molecule has 0 heterocycles. The summed E-state index contributed by atoms with van der Waals surface area (Å²) in [5.41, 5.74) is 1.17. The molecule has 0 aromatic carbocycles. The third kappa shape index (κ3) is 59.0. The van der Waals surface area contributed by atoms with Crippen molar-refractivity contribution >= 4 is 0 Å². The van der Waals surface area contributed by atoms with Crippen LogP contribution in [0.1, 0.15) is 82.1 Å². The van der Waals surface area contributed by atoms with Crippen LogP contribution in [0.3, 0.4) is 0 Å². The summed E-state index contributed by atoms with van der Waals surface area (Å²) >= 11 is 0. The zero-order valence-corrected chi connectivity index (χ0v) is 14.9. The average Bonchev–Trinajstić information content (AvgIpc) is 2.51. The highest BCUT2D eigenvalue weighted by atomic mass is 13.8. The van der Waals surface area contributed by atoms with Gasteiger partial charge in [-0.1, -0.05) is 99.1 Å². The van der Waals surface area contributed by atoms with Gasteiger partial charge in [0.05, 0.1) is 0 Å². The molecule has 0 spiro atoms. The second-order valence-corrected chi connectivity index (χ2v) is 2.49. The van der Waals surface area contributed by atoms with Crippen LogP contribution in [0.5, 0.6) is 0 Å². The molecule has 0 fully saturated rings. The Balaban J connectivity index is -0.0000000477. The first-order chi connectivity index (χ1) is 8.76. The van der Waals surface area contributed by atoms with E-state index in [4.69, 9.17) is 0 Å². The van der Waals surface area contributed by atoms with E-state index >= 15 is 0 Å². The molecular weight excluding hydrogens is 216 g/mol. The molecule has 0 N–H and O–H groups in total. The largest absolute Gasteiger partial charge is 0.0985 e. The van der Waals surface area contributed by atoms with Crippen molar-refractivity contribution in [2.75, 3.05) is 0 Å². The Morgan fingerprint density at radius 1 is 0.833 bits per heavy atom. The third-order valence-electron chi connectivity index (χ3n) is 1.43. The summed E-state index contributed by atoms with van der Waals surface area (Å²) in [5, 5.41) is 0. The maximum Gasteiger partial charge on any atom is -0.0309 e. The van der Waals surface area contributed by atoms with Crippen molar-refractivity contribution in [1.29, 1.82) is 0 Å². The quantitative estimate of drug-likeness (QED) is 0.456. The first-order valence-corrected chi connectivity index (χ1v) is 7.68. The van der Waals surface area contributed by atoms with Gasteiger partial charge in [0.25, 0.3) is 0 Å². The zero-order chi connectivity index (χ0) is 15.8. The zero-order valence-electron chi connectivity index (χ0n) is 14.9. The molecule has 0 unspecified atom stereocenters. The van der Waals surface area contributed by atoms with Crippen LogP contribution in [0.25, 0.3) is 0 Å². The molecule has 0 aromatic heterocycles. The molecule has 0 aliphatic rings. The van der Waals surface area contributed by atoms with Crippen LogP contribution in [0.15, 0.2) is 36.5 Å². The fraction of sp³-hybridized carbons (Fsp3) is 0.667. The molecule has 112 valence electrons. The normalized spacial score (nSPS) is 8.22. The molecule has 0 aliphatic carbocycles. The summed E-state index contributed by atoms with van der Waals surface area (Å²) < 4.78 is 0. The fourth-order valence-corrected chi connectivity index (χ4v) is 0.475. The molecular formula is C18H40. The van der Waals surface area contributed by atoms with Gasteiger partial charge in [0.15, 0.2) is 0 Å². The Kier molecular flexibility index (Phi) is 93.7. The Morgan fingerprint density at radius 3 is 1.22 bits per heavy atom. The van der Waals surface area contributed by atoms with Gasteiger partial charge in [-0.05, 0) is 19.4 Å². The topological polar surface area (TPSA) is 0 Å². The predicted molar refractivity (Wildman–Crippen MR) is 93.4 cm³/mol. The molecule has 0 radical (unpaired) electrons. The second-order valence-electron chi connectivity index (χ2n) is 2.49. The van der Waals surface area contributed by atoms with Gasteiger partial charge in [-0.25, -0.2) is 0 Å². The molecule has 0 nitrogen and oxygen atoms in total. The van der Waals surface area contributed by atoms with Gasteiger partial charge in [0.2, 0.25) is 0 Å². The van der Waals surface area contributed by atoms with E-state index in [0.29, 0.717) is 0 Å². The van der Waals surface area contributed by atoms with Crippen molar-refractivity contribution in [3.8, 4) is 0 Å². The van der Waals surface area contributed by atoms with Crippen molar-refractivity contribution in [2.24, 2.45) is 0 Å². The van der Waals surface area contributed by atoms with Crippen molar-refractivity contribution in [2.45, 2.75) is 82.1 Å². The van der Waals surface area contributed by atoms with Gasteiger partial charge in [0.1, 0.15) is 0 Å². The van der Waals surface area contributed by atoms with Crippen LogP contribution in [-0.2, 0) is 0 Å². The summed E-state index contributed by atoms with van der Waals surface area (Å²) in [6, 6.07) is 0. The molecule has 0 bridgehead atoms. The van der Waals surface area contributed by atoms with Gasteiger partial charge in [-0.3, -0.25) is 0 Å². The minimum absolute atomic E-state index is 1.17. The Hall–Kier alpha value is -0.780. The van der Waals surface area contributed by atoms with Crippen molar-refractivity contribution < 1.29 is 0 Å². The Labute approximate surface area is 119 Å². The third-order valence-corrected chi connectivity index (χ3v) is 1.43. The lowest BCUT2D eigenvalue weighted by atomic mass is 10.2. The van der Waals surface area contributed by atoms with Gasteiger partial charge in [-0.2, -0.15) is 0 Å². The highest BCUT2D eigenvalue weighted by Crippen LogP contribution is 1.95. The summed E-state index contributed by atoms with van der Waals surface area (Å²) in [6.45, 7) is 24.0. The summed E-state index contributed by atoms with van der Waals surface area (Å²) in [6.07, 6.45) is 10.5. The number of unbranched alkanes of at least 4 members (excludes halogenated alkanes) is 1. The first kappa shape index (κ1) is 30.3. The number of rotatable bonds is 3. The van der Waals surface area contributed by atoms with E-state index in [1.165, 1.54) is 18.4 Å². The smallest absolute Gasteiger partial charge is 0.0309 e. The van der Waals surface area contributed by atoms with Gasteiger partial charge >= 0.3 is 0 Å². The lowest BCUT2D eigenvalue weighted by Gasteiger charge is -1.84. The highest BCUT2D eigenvalue weighted by molar-refractivity contribution is 5.27. The van der Waals surface area contributed by atoms with E-state index in [1.807, 2.05) is 79.7 Å². The molecule has 18 heavy (non-hydrogen) atoms. The molecule has 0 saturated heterocycles. The van der Waals surface area contributed by atoms with E-state index in [9.17, 15) is 0 Å². The van der Waals surface area contributed by atoms with E-state index in [1.54, 1.807) is 0 Å². The van der Waals surface area contributed by atoms with Crippen LogP contribution in [0.4, 0.5) is 0 Å². The summed E-state index contributed by atoms with van der Waals surface area (Å²) in [5.74, 6) is 0. The molecule has 0 amide bonds. The van der Waals surface area contributed by atoms with Crippen LogP contribution in [-0.4, -0.2) is 0 Å². The Bertz CT molecular complexity index is 136. The van der Waals surface area contributed by atoms with Crippen molar-refractivity contribution in [3.63, 3.8) is 0 Å². The fourth-order valence-electron chi connectivity index (χ4n) is 0.475. The van der Waals surface area contributed by atoms with Crippen LogP contribution in [0, 0.1) is 0 Å². The SMILES string of the molecule is C=CC(/C=C\C)=C/C.CC.CC.CC.CCCC. The number of hydrogen-bond acceptors (Lipinski definition) is 0. The van der Waals surface area contributed by atoms with Gasteiger partial charge in [-0.15, -0.1) is 0 Å². The molecule has 0 atom stereocenters. The minimum atomic E-state index is 1.17. The van der Waals surface area contributed by atoms with E-state index < -0.39 is 0 Å². The second kappa shape index (κ2) is 55.6. The summed E-state index contributed by atoms with van der Waals surface area (Å²) in [4.78, 5) is 0. The average molecular weight is 257 g/mol. The lowest BCUT2D eigenvalue weighted by Crippen LogP contribution is -1.63. The first-order valence-electron chi connectivity index (χ1n) is 7.68. The summed E-state index contributed by atoms with van der Waals surface area (Å²) in [7, 11) is 0. The number of allylic oxidation sites excluding steroid dienone is 5. The minimum Gasteiger partial charge on any atom is -0.0985 e. The van der Waals surface area contributed by atoms with Crippen LogP contribution < -0.4 is 0 Å². The molecule has 0 aromatic rings. The van der Waals surface area contributed by atoms with Gasteiger partial charge < -0.3 is 0 Å². The van der Waals surface area contributed by atoms with Crippen LogP contribution in [0.2, 0.25) is 0 Å². The molecule has 0 saturated carbocycles. The van der Waals surface area contributed by atoms with E-state index in [2.05, 4.69) is 20.4 Å². The van der Waals surface area contributed by atoms with Gasteiger partial charge in [0, 0.05) is 0 Å². The van der Waals surface area contributed by atoms with Crippen LogP contribution >= 0.6 is 0 Å². The van der Waals surface area contributed by atoms with E-state index in [-0.39, 0.29) is 0 Å².